The Labute approximate surface area is 75.5 Å². The van der Waals surface area contributed by atoms with Crippen molar-refractivity contribution in [2.45, 2.75) is 39.0 Å². The maximum atomic E-state index is 8.61. The van der Waals surface area contributed by atoms with Crippen molar-refractivity contribution in [3.8, 4) is 0 Å². The van der Waals surface area contributed by atoms with Crippen LogP contribution in [-0.4, -0.2) is 11.7 Å². The van der Waals surface area contributed by atoms with Gasteiger partial charge in [-0.3, -0.25) is 0 Å². The molecule has 0 spiro atoms. The SMILES string of the molecule is CCC1CCC(/C=C/CO)CC1. The Kier molecular flexibility index (Phi) is 4.37. The van der Waals surface area contributed by atoms with Gasteiger partial charge in [0.15, 0.2) is 0 Å². The van der Waals surface area contributed by atoms with E-state index in [1.807, 2.05) is 6.08 Å². The van der Waals surface area contributed by atoms with Crippen LogP contribution < -0.4 is 0 Å². The molecule has 1 rings (SSSR count). The first-order chi connectivity index (χ1) is 5.86. The number of hydrogen-bond acceptors (Lipinski definition) is 1. The maximum Gasteiger partial charge on any atom is 0.0612 e. The Morgan fingerprint density at radius 1 is 1.25 bits per heavy atom. The molecule has 1 aliphatic rings. The molecule has 0 aromatic heterocycles. The fourth-order valence-corrected chi connectivity index (χ4v) is 2.04. The van der Waals surface area contributed by atoms with Gasteiger partial charge in [0.25, 0.3) is 0 Å². The van der Waals surface area contributed by atoms with Crippen molar-refractivity contribution < 1.29 is 5.11 Å². The molecule has 12 heavy (non-hydrogen) atoms. The van der Waals surface area contributed by atoms with Gasteiger partial charge in [-0.05, 0) is 37.5 Å². The van der Waals surface area contributed by atoms with Crippen molar-refractivity contribution in [3.05, 3.63) is 12.2 Å². The van der Waals surface area contributed by atoms with E-state index in [9.17, 15) is 0 Å². The summed E-state index contributed by atoms with van der Waals surface area (Å²) in [4.78, 5) is 0. The van der Waals surface area contributed by atoms with Crippen molar-refractivity contribution in [3.63, 3.8) is 0 Å². The van der Waals surface area contributed by atoms with Gasteiger partial charge in [0.2, 0.25) is 0 Å². The summed E-state index contributed by atoms with van der Waals surface area (Å²) in [5.74, 6) is 1.73. The minimum Gasteiger partial charge on any atom is -0.392 e. The molecular weight excluding hydrogens is 148 g/mol. The Balaban J connectivity index is 2.21. The monoisotopic (exact) mass is 168 g/mol. The number of allylic oxidation sites excluding steroid dienone is 1. The summed E-state index contributed by atoms with van der Waals surface area (Å²) >= 11 is 0. The van der Waals surface area contributed by atoms with E-state index >= 15 is 0 Å². The molecule has 0 aliphatic heterocycles. The van der Waals surface area contributed by atoms with Crippen LogP contribution in [0.25, 0.3) is 0 Å². The average Bonchev–Trinajstić information content (AvgIpc) is 2.15. The summed E-state index contributed by atoms with van der Waals surface area (Å²) in [6.45, 7) is 2.49. The zero-order valence-corrected chi connectivity index (χ0v) is 8.00. The smallest absolute Gasteiger partial charge is 0.0612 e. The molecule has 1 saturated carbocycles. The molecule has 0 atom stereocenters. The second-order valence-electron chi connectivity index (χ2n) is 3.80. The molecule has 1 nitrogen and oxygen atoms in total. The normalized spacial score (nSPS) is 31.2. The molecule has 0 aromatic carbocycles. The molecule has 0 amide bonds. The Morgan fingerprint density at radius 2 is 1.92 bits per heavy atom. The summed E-state index contributed by atoms with van der Waals surface area (Å²) in [5, 5.41) is 8.61. The van der Waals surface area contributed by atoms with Crippen LogP contribution in [0.5, 0.6) is 0 Å². The summed E-state index contributed by atoms with van der Waals surface area (Å²) in [5.41, 5.74) is 0. The lowest BCUT2D eigenvalue weighted by Crippen LogP contribution is -2.12. The van der Waals surface area contributed by atoms with Crippen LogP contribution in [0.2, 0.25) is 0 Å². The van der Waals surface area contributed by atoms with Gasteiger partial charge in [0, 0.05) is 0 Å². The molecule has 0 aromatic rings. The lowest BCUT2D eigenvalue weighted by atomic mass is 9.81. The van der Waals surface area contributed by atoms with Crippen LogP contribution in [0.1, 0.15) is 39.0 Å². The summed E-state index contributed by atoms with van der Waals surface area (Å²) in [6.07, 6.45) is 10.8. The van der Waals surface area contributed by atoms with Gasteiger partial charge in [0.1, 0.15) is 0 Å². The van der Waals surface area contributed by atoms with Crippen molar-refractivity contribution in [1.82, 2.24) is 0 Å². The first-order valence-electron chi connectivity index (χ1n) is 5.14. The topological polar surface area (TPSA) is 20.2 Å². The Bertz CT molecular complexity index is 132. The quantitative estimate of drug-likeness (QED) is 0.642. The molecule has 0 bridgehead atoms. The zero-order valence-electron chi connectivity index (χ0n) is 8.00. The van der Waals surface area contributed by atoms with E-state index in [1.54, 1.807) is 0 Å². The van der Waals surface area contributed by atoms with E-state index < -0.39 is 0 Å². The summed E-state index contributed by atoms with van der Waals surface area (Å²) in [6, 6.07) is 0. The van der Waals surface area contributed by atoms with Gasteiger partial charge < -0.3 is 5.11 Å². The lowest BCUT2D eigenvalue weighted by molar-refractivity contribution is 0.300. The molecule has 0 saturated heterocycles. The molecule has 70 valence electrons. The summed E-state index contributed by atoms with van der Waals surface area (Å²) in [7, 11) is 0. The number of aliphatic hydroxyl groups is 1. The van der Waals surface area contributed by atoms with E-state index in [1.165, 1.54) is 32.1 Å². The van der Waals surface area contributed by atoms with Gasteiger partial charge >= 0.3 is 0 Å². The highest BCUT2D eigenvalue weighted by molar-refractivity contribution is 4.90. The second-order valence-corrected chi connectivity index (χ2v) is 3.80. The van der Waals surface area contributed by atoms with E-state index in [0.717, 1.165) is 11.8 Å². The number of hydrogen-bond donors (Lipinski definition) is 1. The third kappa shape index (κ3) is 2.98. The fraction of sp³-hybridized carbons (Fsp3) is 0.818. The lowest BCUT2D eigenvalue weighted by Gasteiger charge is -2.25. The average molecular weight is 168 g/mol. The van der Waals surface area contributed by atoms with Crippen molar-refractivity contribution in [2.75, 3.05) is 6.61 Å². The van der Waals surface area contributed by atoms with Crippen LogP contribution in [0.15, 0.2) is 12.2 Å². The molecule has 1 heteroatoms. The highest BCUT2D eigenvalue weighted by Crippen LogP contribution is 2.30. The highest BCUT2D eigenvalue weighted by Gasteiger charge is 2.17. The zero-order chi connectivity index (χ0) is 8.81. The molecular formula is C11H20O. The van der Waals surface area contributed by atoms with Crippen LogP contribution in [0.4, 0.5) is 0 Å². The minimum absolute atomic E-state index is 0.202. The minimum atomic E-state index is 0.202. The van der Waals surface area contributed by atoms with Crippen LogP contribution >= 0.6 is 0 Å². The molecule has 0 heterocycles. The Hall–Kier alpha value is -0.300. The van der Waals surface area contributed by atoms with Gasteiger partial charge in [-0.1, -0.05) is 25.5 Å². The van der Waals surface area contributed by atoms with Crippen LogP contribution in [0, 0.1) is 11.8 Å². The van der Waals surface area contributed by atoms with E-state index in [-0.39, 0.29) is 6.61 Å². The maximum absolute atomic E-state index is 8.61. The van der Waals surface area contributed by atoms with E-state index in [2.05, 4.69) is 13.0 Å². The fourth-order valence-electron chi connectivity index (χ4n) is 2.04. The van der Waals surface area contributed by atoms with E-state index in [0.29, 0.717) is 0 Å². The second kappa shape index (κ2) is 5.36. The molecule has 1 N–H and O–H groups in total. The van der Waals surface area contributed by atoms with E-state index in [4.69, 9.17) is 5.11 Å². The van der Waals surface area contributed by atoms with Gasteiger partial charge in [-0.25, -0.2) is 0 Å². The van der Waals surface area contributed by atoms with Crippen LogP contribution in [-0.2, 0) is 0 Å². The predicted octanol–water partition coefficient (Wildman–Crippen LogP) is 2.75. The largest absolute Gasteiger partial charge is 0.392 e. The third-order valence-electron chi connectivity index (χ3n) is 2.98. The predicted molar refractivity (Wildman–Crippen MR) is 52.0 cm³/mol. The molecule has 0 radical (unpaired) electrons. The van der Waals surface area contributed by atoms with Crippen molar-refractivity contribution in [2.24, 2.45) is 11.8 Å². The summed E-state index contributed by atoms with van der Waals surface area (Å²) < 4.78 is 0. The van der Waals surface area contributed by atoms with Gasteiger partial charge in [-0.15, -0.1) is 0 Å². The molecule has 1 fully saturated rings. The first kappa shape index (κ1) is 9.79. The van der Waals surface area contributed by atoms with Crippen molar-refractivity contribution in [1.29, 1.82) is 0 Å². The Morgan fingerprint density at radius 3 is 2.42 bits per heavy atom. The number of aliphatic hydroxyl groups excluding tert-OH is 1. The first-order valence-corrected chi connectivity index (χ1v) is 5.14. The van der Waals surface area contributed by atoms with Crippen LogP contribution in [0.3, 0.4) is 0 Å². The highest BCUT2D eigenvalue weighted by atomic mass is 16.2. The van der Waals surface area contributed by atoms with Gasteiger partial charge in [-0.2, -0.15) is 0 Å². The standard InChI is InChI=1S/C11H20O/c1-2-10-5-7-11(8-6-10)4-3-9-12/h3-4,10-12H,2,5-9H2,1H3/b4-3+. The third-order valence-corrected chi connectivity index (χ3v) is 2.98. The van der Waals surface area contributed by atoms with Gasteiger partial charge in [0.05, 0.1) is 6.61 Å². The molecule has 0 unspecified atom stereocenters. The molecule has 1 aliphatic carbocycles. The van der Waals surface area contributed by atoms with Crippen molar-refractivity contribution >= 4 is 0 Å². The number of rotatable bonds is 3.